The summed E-state index contributed by atoms with van der Waals surface area (Å²) in [4.78, 5) is 0. The topological polar surface area (TPSA) is 20.2 Å². The summed E-state index contributed by atoms with van der Waals surface area (Å²) < 4.78 is 0. The molecule has 0 amide bonds. The molecule has 0 saturated heterocycles. The van der Waals surface area contributed by atoms with Crippen LogP contribution in [0.15, 0.2) is 0 Å². The molecule has 0 radical (unpaired) electrons. The molecule has 0 aliphatic carbocycles. The van der Waals surface area contributed by atoms with Crippen LogP contribution in [0.25, 0.3) is 0 Å². The molecule has 0 aliphatic heterocycles. The second kappa shape index (κ2) is 4.10. The van der Waals surface area contributed by atoms with E-state index in [2.05, 4.69) is 12.2 Å². The van der Waals surface area contributed by atoms with Gasteiger partial charge in [-0.15, -0.1) is 11.6 Å². The molecule has 0 fully saturated rings. The van der Waals surface area contributed by atoms with Crippen molar-refractivity contribution >= 4 is 28.9 Å². The van der Waals surface area contributed by atoms with E-state index in [0.717, 1.165) is 12.8 Å². The highest BCUT2D eigenvalue weighted by molar-refractivity contribution is 7.80. The lowest BCUT2D eigenvalue weighted by atomic mass is 10.3. The van der Waals surface area contributed by atoms with Gasteiger partial charge in [-0.3, -0.25) is 0 Å². The molecule has 0 aromatic carbocycles. The van der Waals surface area contributed by atoms with Crippen LogP contribution in [-0.2, 0) is 0 Å². The Hall–Kier alpha value is 0.180. The van der Waals surface area contributed by atoms with Crippen LogP contribution < -0.4 is 0 Å². The largest absolute Gasteiger partial charge is 0.501 e. The zero-order chi connectivity index (χ0) is 6.57. The smallest absolute Gasteiger partial charge is 0.174 e. The molecule has 0 spiro atoms. The van der Waals surface area contributed by atoms with Gasteiger partial charge in [0.05, 0.1) is 0 Å². The molecule has 0 aromatic heterocycles. The van der Waals surface area contributed by atoms with Crippen molar-refractivity contribution < 1.29 is 5.11 Å². The van der Waals surface area contributed by atoms with Crippen molar-refractivity contribution in [3.05, 3.63) is 0 Å². The minimum atomic E-state index is -0.324. The Kier molecular flexibility index (Phi) is 4.19. The number of alkyl halides is 1. The molecule has 0 aliphatic rings. The number of hydrogen-bond donors (Lipinski definition) is 1. The van der Waals surface area contributed by atoms with Crippen LogP contribution in [0.5, 0.6) is 0 Å². The molecule has 1 N–H and O–H groups in total. The number of rotatable bonds is 3. The Balaban J connectivity index is 3.32. The zero-order valence-corrected chi connectivity index (χ0v) is 6.30. The molecule has 48 valence electrons. The second-order valence-corrected chi connectivity index (χ2v) is 2.54. The summed E-state index contributed by atoms with van der Waals surface area (Å²) in [5.74, 6) is 0. The molecule has 0 aromatic rings. The van der Waals surface area contributed by atoms with Crippen molar-refractivity contribution in [2.45, 2.75) is 25.1 Å². The number of halogens is 1. The van der Waals surface area contributed by atoms with Crippen molar-refractivity contribution in [1.29, 1.82) is 0 Å². The average molecular weight is 153 g/mol. The van der Waals surface area contributed by atoms with E-state index in [1.165, 1.54) is 0 Å². The van der Waals surface area contributed by atoms with Crippen molar-refractivity contribution in [2.24, 2.45) is 0 Å². The number of aliphatic hydroxyl groups excluding tert-OH is 1. The summed E-state index contributed by atoms with van der Waals surface area (Å²) in [5.41, 5.74) is 0. The van der Waals surface area contributed by atoms with Crippen molar-refractivity contribution in [3.8, 4) is 0 Å². The zero-order valence-electron chi connectivity index (χ0n) is 4.72. The fraction of sp³-hybridized carbons (Fsp3) is 0.800. The van der Waals surface area contributed by atoms with Crippen molar-refractivity contribution in [3.63, 3.8) is 0 Å². The second-order valence-electron chi connectivity index (χ2n) is 1.59. The lowest BCUT2D eigenvalue weighted by Crippen LogP contribution is -2.09. The van der Waals surface area contributed by atoms with Gasteiger partial charge >= 0.3 is 0 Å². The number of hydrogen-bond acceptors (Lipinski definition) is 1. The molecule has 0 rings (SSSR count). The molecule has 0 saturated carbocycles. The van der Waals surface area contributed by atoms with E-state index < -0.39 is 0 Å². The van der Waals surface area contributed by atoms with Crippen LogP contribution in [0.1, 0.15) is 19.8 Å². The third kappa shape index (κ3) is 3.22. The Bertz CT molecular complexity index is 84.5. The Labute approximate surface area is 59.7 Å². The molecule has 1 unspecified atom stereocenters. The minimum absolute atomic E-state index is 0.0893. The standard InChI is InChI=1S/C5H9ClOS/c1-2-3-4(6)5(7)8/h4H,2-3H2,1H3,(H,7,8). The molecule has 1 atom stereocenters. The molecule has 1 nitrogen and oxygen atoms in total. The Morgan fingerprint density at radius 1 is 1.88 bits per heavy atom. The predicted molar refractivity (Wildman–Crippen MR) is 39.8 cm³/mol. The highest BCUT2D eigenvalue weighted by atomic mass is 35.5. The van der Waals surface area contributed by atoms with Gasteiger partial charge in [0.1, 0.15) is 5.38 Å². The Morgan fingerprint density at radius 3 is 2.50 bits per heavy atom. The average Bonchev–Trinajstić information content (AvgIpc) is 1.67. The van der Waals surface area contributed by atoms with Gasteiger partial charge in [0, 0.05) is 0 Å². The number of aliphatic hydroxyl groups is 1. The van der Waals surface area contributed by atoms with E-state index in [9.17, 15) is 0 Å². The van der Waals surface area contributed by atoms with Crippen LogP contribution in [0.2, 0.25) is 0 Å². The maximum atomic E-state index is 8.55. The van der Waals surface area contributed by atoms with Crippen LogP contribution in [0.4, 0.5) is 0 Å². The van der Waals surface area contributed by atoms with E-state index in [0.29, 0.717) is 0 Å². The molecule has 3 heteroatoms. The van der Waals surface area contributed by atoms with E-state index >= 15 is 0 Å². The molecular formula is C5H9ClOS. The quantitative estimate of drug-likeness (QED) is 0.495. The third-order valence-corrected chi connectivity index (χ3v) is 1.65. The molecule has 0 bridgehead atoms. The summed E-state index contributed by atoms with van der Waals surface area (Å²) in [5, 5.41) is 8.14. The van der Waals surface area contributed by atoms with Gasteiger partial charge in [-0.1, -0.05) is 13.3 Å². The summed E-state index contributed by atoms with van der Waals surface area (Å²) in [6.45, 7) is 1.99. The predicted octanol–water partition coefficient (Wildman–Crippen LogP) is 2.28. The van der Waals surface area contributed by atoms with E-state index in [4.69, 9.17) is 16.7 Å². The van der Waals surface area contributed by atoms with Gasteiger partial charge in [0.2, 0.25) is 0 Å². The maximum Gasteiger partial charge on any atom is 0.174 e. The summed E-state index contributed by atoms with van der Waals surface area (Å²) in [6, 6.07) is 0. The van der Waals surface area contributed by atoms with Gasteiger partial charge in [-0.25, -0.2) is 0 Å². The monoisotopic (exact) mass is 152 g/mol. The van der Waals surface area contributed by atoms with E-state index in [1.807, 2.05) is 6.92 Å². The SMILES string of the molecule is CCCC(Cl)C(O)=S. The molecule has 8 heavy (non-hydrogen) atoms. The first-order valence-corrected chi connectivity index (χ1v) is 3.39. The summed E-state index contributed by atoms with van der Waals surface area (Å²) >= 11 is 9.93. The van der Waals surface area contributed by atoms with Crippen LogP contribution in [-0.4, -0.2) is 15.5 Å². The van der Waals surface area contributed by atoms with Crippen LogP contribution >= 0.6 is 23.8 Å². The van der Waals surface area contributed by atoms with Gasteiger partial charge < -0.3 is 5.11 Å². The van der Waals surface area contributed by atoms with Gasteiger partial charge in [-0.2, -0.15) is 0 Å². The third-order valence-electron chi connectivity index (χ3n) is 0.810. The van der Waals surface area contributed by atoms with Crippen LogP contribution in [0.3, 0.4) is 0 Å². The number of thiocarbonyl (C=S) groups is 1. The van der Waals surface area contributed by atoms with Crippen molar-refractivity contribution in [1.82, 2.24) is 0 Å². The summed E-state index contributed by atoms with van der Waals surface area (Å²) in [6.07, 6.45) is 1.71. The van der Waals surface area contributed by atoms with Crippen LogP contribution in [0, 0.1) is 0 Å². The summed E-state index contributed by atoms with van der Waals surface area (Å²) in [7, 11) is 0. The lowest BCUT2D eigenvalue weighted by molar-refractivity contribution is 0.544. The normalized spacial score (nSPS) is 13.2. The first kappa shape index (κ1) is 8.18. The first-order valence-electron chi connectivity index (χ1n) is 2.55. The van der Waals surface area contributed by atoms with Gasteiger partial charge in [-0.05, 0) is 18.6 Å². The molecule has 0 heterocycles. The van der Waals surface area contributed by atoms with E-state index in [-0.39, 0.29) is 10.4 Å². The lowest BCUT2D eigenvalue weighted by Gasteiger charge is -2.00. The van der Waals surface area contributed by atoms with Gasteiger partial charge in [0.15, 0.2) is 5.05 Å². The minimum Gasteiger partial charge on any atom is -0.501 e. The Morgan fingerprint density at radius 2 is 2.38 bits per heavy atom. The first-order chi connectivity index (χ1) is 3.68. The fourth-order valence-electron chi connectivity index (χ4n) is 0.377. The fourth-order valence-corrected chi connectivity index (χ4v) is 0.713. The van der Waals surface area contributed by atoms with Crippen molar-refractivity contribution in [2.75, 3.05) is 0 Å². The maximum absolute atomic E-state index is 8.55. The van der Waals surface area contributed by atoms with E-state index in [1.54, 1.807) is 0 Å². The highest BCUT2D eigenvalue weighted by Gasteiger charge is 2.05. The highest BCUT2D eigenvalue weighted by Crippen LogP contribution is 2.05. The molecular weight excluding hydrogens is 144 g/mol. The van der Waals surface area contributed by atoms with Gasteiger partial charge in [0.25, 0.3) is 0 Å².